The van der Waals surface area contributed by atoms with E-state index < -0.39 is 0 Å². The predicted molar refractivity (Wildman–Crippen MR) is 92.7 cm³/mol. The highest BCUT2D eigenvalue weighted by Gasteiger charge is 2.24. The van der Waals surface area contributed by atoms with E-state index >= 15 is 0 Å². The Kier molecular flexibility index (Phi) is 5.42. The van der Waals surface area contributed by atoms with Crippen LogP contribution in [0.5, 0.6) is 0 Å². The van der Waals surface area contributed by atoms with Gasteiger partial charge in [0.2, 0.25) is 0 Å². The third-order valence-corrected chi connectivity index (χ3v) is 4.54. The Bertz CT molecular complexity index is 706. The van der Waals surface area contributed by atoms with Crippen molar-refractivity contribution in [1.29, 1.82) is 0 Å². The van der Waals surface area contributed by atoms with Crippen LogP contribution in [0.2, 0.25) is 0 Å². The molecule has 0 fully saturated rings. The van der Waals surface area contributed by atoms with Crippen molar-refractivity contribution in [2.24, 2.45) is 5.92 Å². The summed E-state index contributed by atoms with van der Waals surface area (Å²) in [6.45, 7) is 0.328. The molecule has 3 heteroatoms. The van der Waals surface area contributed by atoms with E-state index in [9.17, 15) is 9.59 Å². The van der Waals surface area contributed by atoms with Crippen molar-refractivity contribution in [2.75, 3.05) is 0 Å². The van der Waals surface area contributed by atoms with Crippen LogP contribution >= 0.6 is 0 Å². The number of fused-ring (bicyclic) bond motifs is 1. The van der Waals surface area contributed by atoms with E-state index in [1.165, 1.54) is 0 Å². The van der Waals surface area contributed by atoms with Crippen LogP contribution in [0.15, 0.2) is 54.6 Å². The van der Waals surface area contributed by atoms with Gasteiger partial charge < -0.3 is 4.74 Å². The molecule has 0 radical (unpaired) electrons. The molecule has 0 heterocycles. The van der Waals surface area contributed by atoms with Crippen LogP contribution < -0.4 is 0 Å². The lowest BCUT2D eigenvalue weighted by Crippen LogP contribution is -2.20. The minimum atomic E-state index is -0.165. The molecule has 1 aliphatic rings. The molecule has 0 aromatic heterocycles. The van der Waals surface area contributed by atoms with Gasteiger partial charge in [0, 0.05) is 18.4 Å². The average Bonchev–Trinajstić information content (AvgIpc) is 2.61. The van der Waals surface area contributed by atoms with E-state index in [4.69, 9.17) is 4.74 Å². The first-order chi connectivity index (χ1) is 11.7. The number of rotatable bonds is 6. The summed E-state index contributed by atoms with van der Waals surface area (Å²) >= 11 is 0. The number of hydrogen-bond donors (Lipinski definition) is 0. The van der Waals surface area contributed by atoms with E-state index in [2.05, 4.69) is 0 Å². The molecular weight excluding hydrogens is 300 g/mol. The molecular formula is C21H22O3. The van der Waals surface area contributed by atoms with Gasteiger partial charge in [-0.3, -0.25) is 9.59 Å². The molecule has 0 amide bonds. The second-order valence-corrected chi connectivity index (χ2v) is 6.39. The lowest BCUT2D eigenvalue weighted by Gasteiger charge is -2.23. The van der Waals surface area contributed by atoms with Gasteiger partial charge in [0.25, 0.3) is 0 Å². The summed E-state index contributed by atoms with van der Waals surface area (Å²) in [7, 11) is 0. The number of ether oxygens (including phenoxy) is 1. The van der Waals surface area contributed by atoms with Crippen molar-refractivity contribution >= 4 is 11.8 Å². The maximum atomic E-state index is 12.2. The van der Waals surface area contributed by atoms with E-state index in [0.29, 0.717) is 25.4 Å². The van der Waals surface area contributed by atoms with Crippen LogP contribution in [0.25, 0.3) is 0 Å². The summed E-state index contributed by atoms with van der Waals surface area (Å²) in [5, 5.41) is 0. The molecule has 0 spiro atoms. The topological polar surface area (TPSA) is 43.4 Å². The summed E-state index contributed by atoms with van der Waals surface area (Å²) < 4.78 is 5.29. The van der Waals surface area contributed by atoms with Gasteiger partial charge in [0.15, 0.2) is 5.78 Å². The van der Waals surface area contributed by atoms with Gasteiger partial charge in [-0.1, -0.05) is 54.6 Å². The number of carbonyl (C=O) groups is 2. The van der Waals surface area contributed by atoms with Crippen molar-refractivity contribution in [1.82, 2.24) is 0 Å². The highest BCUT2D eigenvalue weighted by atomic mass is 16.5. The third-order valence-electron chi connectivity index (χ3n) is 4.54. The van der Waals surface area contributed by atoms with Crippen molar-refractivity contribution in [2.45, 2.75) is 38.7 Å². The van der Waals surface area contributed by atoms with Gasteiger partial charge in [0.1, 0.15) is 6.61 Å². The maximum Gasteiger partial charge on any atom is 0.306 e. The van der Waals surface area contributed by atoms with E-state index in [1.807, 2.05) is 54.6 Å². The molecule has 1 unspecified atom stereocenters. The fourth-order valence-electron chi connectivity index (χ4n) is 3.28. The van der Waals surface area contributed by atoms with E-state index in [0.717, 1.165) is 36.0 Å². The second kappa shape index (κ2) is 7.91. The zero-order chi connectivity index (χ0) is 16.8. The molecule has 3 nitrogen and oxygen atoms in total. The van der Waals surface area contributed by atoms with Crippen LogP contribution in [-0.2, 0) is 22.6 Å². The molecule has 1 atom stereocenters. The summed E-state index contributed by atoms with van der Waals surface area (Å²) in [5.41, 5.74) is 3.02. The van der Waals surface area contributed by atoms with Gasteiger partial charge in [0.05, 0.1) is 0 Å². The lowest BCUT2D eigenvalue weighted by atomic mass is 9.81. The predicted octanol–water partition coefficient (Wildman–Crippen LogP) is 4.35. The number of esters is 1. The minimum Gasteiger partial charge on any atom is -0.461 e. The van der Waals surface area contributed by atoms with Crippen LogP contribution in [-0.4, -0.2) is 11.8 Å². The number of benzene rings is 2. The Morgan fingerprint density at radius 2 is 1.75 bits per heavy atom. The number of carbonyl (C=O) groups excluding carboxylic acids is 2. The fourth-order valence-corrected chi connectivity index (χ4v) is 3.28. The van der Waals surface area contributed by atoms with Crippen LogP contribution in [0.4, 0.5) is 0 Å². The summed E-state index contributed by atoms with van der Waals surface area (Å²) in [6.07, 6.45) is 3.60. The van der Waals surface area contributed by atoms with Gasteiger partial charge in [-0.05, 0) is 36.3 Å². The fraction of sp³-hybridized carbons (Fsp3) is 0.333. The first kappa shape index (κ1) is 16.4. The van der Waals surface area contributed by atoms with Gasteiger partial charge in [-0.25, -0.2) is 0 Å². The van der Waals surface area contributed by atoms with Crippen molar-refractivity contribution in [3.05, 3.63) is 71.3 Å². The summed E-state index contributed by atoms with van der Waals surface area (Å²) in [5.74, 6) is 0.407. The minimum absolute atomic E-state index is 0.165. The zero-order valence-electron chi connectivity index (χ0n) is 13.7. The molecule has 3 rings (SSSR count). The smallest absolute Gasteiger partial charge is 0.306 e. The Balaban J connectivity index is 1.41. The Morgan fingerprint density at radius 1 is 1.00 bits per heavy atom. The zero-order valence-corrected chi connectivity index (χ0v) is 13.7. The largest absolute Gasteiger partial charge is 0.461 e. The summed E-state index contributed by atoms with van der Waals surface area (Å²) in [6, 6.07) is 17.5. The van der Waals surface area contributed by atoms with Crippen LogP contribution in [0, 0.1) is 5.92 Å². The maximum absolute atomic E-state index is 12.2. The van der Waals surface area contributed by atoms with Crippen molar-refractivity contribution in [3.63, 3.8) is 0 Å². The molecule has 0 saturated heterocycles. The molecule has 0 aliphatic heterocycles. The van der Waals surface area contributed by atoms with Crippen LogP contribution in [0.3, 0.4) is 0 Å². The van der Waals surface area contributed by atoms with E-state index in [1.54, 1.807) is 0 Å². The SMILES string of the molecule is O=C(CCCC1CC(=O)c2ccccc2C1)OCc1ccccc1. The third kappa shape index (κ3) is 4.31. The van der Waals surface area contributed by atoms with Crippen molar-refractivity contribution < 1.29 is 14.3 Å². The first-order valence-electron chi connectivity index (χ1n) is 8.53. The Labute approximate surface area is 142 Å². The van der Waals surface area contributed by atoms with Crippen molar-refractivity contribution in [3.8, 4) is 0 Å². The molecule has 2 aromatic rings. The monoisotopic (exact) mass is 322 g/mol. The standard InChI is InChI=1S/C21H22O3/c22-20-14-17(13-18-10-4-5-11-19(18)20)9-6-12-21(23)24-15-16-7-2-1-3-8-16/h1-5,7-8,10-11,17H,6,9,12-15H2. The molecule has 0 saturated carbocycles. The number of ketones is 1. The molecule has 0 bridgehead atoms. The highest BCUT2D eigenvalue weighted by molar-refractivity contribution is 5.98. The normalized spacial score (nSPS) is 16.5. The summed E-state index contributed by atoms with van der Waals surface area (Å²) in [4.78, 5) is 24.0. The Hall–Kier alpha value is -2.42. The van der Waals surface area contributed by atoms with Crippen LogP contribution in [0.1, 0.15) is 47.2 Å². The molecule has 0 N–H and O–H groups in total. The van der Waals surface area contributed by atoms with Gasteiger partial charge >= 0.3 is 5.97 Å². The van der Waals surface area contributed by atoms with Gasteiger partial charge in [-0.15, -0.1) is 0 Å². The average molecular weight is 322 g/mol. The quantitative estimate of drug-likeness (QED) is 0.743. The van der Waals surface area contributed by atoms with E-state index in [-0.39, 0.29) is 11.8 Å². The lowest BCUT2D eigenvalue weighted by molar-refractivity contribution is -0.145. The van der Waals surface area contributed by atoms with Gasteiger partial charge in [-0.2, -0.15) is 0 Å². The number of hydrogen-bond acceptors (Lipinski definition) is 3. The molecule has 2 aromatic carbocycles. The second-order valence-electron chi connectivity index (χ2n) is 6.39. The number of Topliss-reactive ketones (excluding diaryl/α,β-unsaturated/α-hetero) is 1. The molecule has 124 valence electrons. The first-order valence-corrected chi connectivity index (χ1v) is 8.53. The molecule has 24 heavy (non-hydrogen) atoms. The molecule has 1 aliphatic carbocycles. The highest BCUT2D eigenvalue weighted by Crippen LogP contribution is 2.28. The Morgan fingerprint density at radius 3 is 2.58 bits per heavy atom.